The first-order chi connectivity index (χ1) is 13.9. The molecule has 1 aromatic carbocycles. The maximum atomic E-state index is 13.0. The molecule has 1 aliphatic rings. The van der Waals surface area contributed by atoms with Gasteiger partial charge in [-0.2, -0.15) is 0 Å². The molecule has 0 saturated carbocycles. The third kappa shape index (κ3) is 6.10. The summed E-state index contributed by atoms with van der Waals surface area (Å²) in [6.07, 6.45) is 1.22. The minimum absolute atomic E-state index is 0.0455. The summed E-state index contributed by atoms with van der Waals surface area (Å²) in [5, 5.41) is 3.00. The van der Waals surface area contributed by atoms with Crippen molar-refractivity contribution in [2.24, 2.45) is 11.8 Å². The number of carbonyl (C=O) groups is 2. The van der Waals surface area contributed by atoms with Crippen molar-refractivity contribution in [3.63, 3.8) is 0 Å². The van der Waals surface area contributed by atoms with Gasteiger partial charge in [0.05, 0.1) is 20.1 Å². The van der Waals surface area contributed by atoms with E-state index in [-0.39, 0.29) is 29.6 Å². The molecule has 2 rings (SSSR count). The summed E-state index contributed by atoms with van der Waals surface area (Å²) < 4.78 is 16.0. The summed E-state index contributed by atoms with van der Waals surface area (Å²) in [4.78, 5) is 27.5. The van der Waals surface area contributed by atoms with Crippen molar-refractivity contribution in [2.45, 2.75) is 32.6 Å². The third-order valence-electron chi connectivity index (χ3n) is 5.25. The van der Waals surface area contributed by atoms with Crippen LogP contribution < -0.4 is 14.8 Å². The van der Waals surface area contributed by atoms with Crippen LogP contribution in [0.1, 0.15) is 38.2 Å². The van der Waals surface area contributed by atoms with E-state index in [0.29, 0.717) is 44.2 Å². The van der Waals surface area contributed by atoms with Gasteiger partial charge in [-0.25, -0.2) is 0 Å². The lowest BCUT2D eigenvalue weighted by molar-refractivity contribution is -0.131. The number of carbonyl (C=O) groups excluding carboxylic acids is 2. The third-order valence-corrected chi connectivity index (χ3v) is 5.25. The molecule has 1 heterocycles. The van der Waals surface area contributed by atoms with Gasteiger partial charge < -0.3 is 24.4 Å². The van der Waals surface area contributed by atoms with Crippen LogP contribution >= 0.6 is 0 Å². The number of nitrogens with zero attached hydrogens (tertiary/aromatic N) is 1. The predicted octanol–water partition coefficient (Wildman–Crippen LogP) is 2.44. The molecular formula is C22H34N2O5. The van der Waals surface area contributed by atoms with E-state index in [1.54, 1.807) is 21.3 Å². The van der Waals surface area contributed by atoms with E-state index in [1.165, 1.54) is 0 Å². The van der Waals surface area contributed by atoms with Crippen LogP contribution in [0.25, 0.3) is 0 Å². The van der Waals surface area contributed by atoms with Crippen LogP contribution in [0.15, 0.2) is 18.2 Å². The van der Waals surface area contributed by atoms with Gasteiger partial charge in [0.1, 0.15) is 11.5 Å². The molecule has 162 valence electrons. The molecule has 2 amide bonds. The number of hydrogen-bond acceptors (Lipinski definition) is 5. The van der Waals surface area contributed by atoms with E-state index in [1.807, 2.05) is 36.9 Å². The van der Waals surface area contributed by atoms with Gasteiger partial charge >= 0.3 is 0 Å². The molecule has 0 aromatic heterocycles. The second-order valence-corrected chi connectivity index (χ2v) is 7.85. The van der Waals surface area contributed by atoms with Crippen molar-refractivity contribution in [1.29, 1.82) is 0 Å². The zero-order chi connectivity index (χ0) is 21.4. The molecule has 7 nitrogen and oxygen atoms in total. The second-order valence-electron chi connectivity index (χ2n) is 7.85. The molecule has 7 heteroatoms. The lowest BCUT2D eigenvalue weighted by atomic mass is 9.87. The van der Waals surface area contributed by atoms with Gasteiger partial charge in [-0.05, 0) is 30.5 Å². The topological polar surface area (TPSA) is 77.1 Å². The van der Waals surface area contributed by atoms with E-state index < -0.39 is 0 Å². The van der Waals surface area contributed by atoms with Crippen molar-refractivity contribution in [3.8, 4) is 11.5 Å². The Bertz CT molecular complexity index is 692. The molecule has 2 unspecified atom stereocenters. The van der Waals surface area contributed by atoms with Crippen molar-refractivity contribution in [2.75, 3.05) is 47.6 Å². The molecule has 0 aliphatic carbocycles. The Morgan fingerprint density at radius 1 is 1.17 bits per heavy atom. The zero-order valence-corrected chi connectivity index (χ0v) is 18.2. The number of amides is 2. The summed E-state index contributed by atoms with van der Waals surface area (Å²) >= 11 is 0. The average molecular weight is 407 g/mol. The van der Waals surface area contributed by atoms with Crippen LogP contribution in [0, 0.1) is 11.8 Å². The van der Waals surface area contributed by atoms with Crippen molar-refractivity contribution < 1.29 is 23.8 Å². The fraction of sp³-hybridized carbons (Fsp3) is 0.636. The maximum absolute atomic E-state index is 13.0. The van der Waals surface area contributed by atoms with Crippen molar-refractivity contribution in [3.05, 3.63) is 23.8 Å². The van der Waals surface area contributed by atoms with Crippen LogP contribution in [-0.4, -0.2) is 64.3 Å². The molecule has 1 aliphatic heterocycles. The molecule has 2 atom stereocenters. The monoisotopic (exact) mass is 406 g/mol. The molecule has 0 spiro atoms. The highest BCUT2D eigenvalue weighted by Gasteiger charge is 2.41. The SMILES string of the molecule is COCCCNC(=O)C1CN(C(=O)CC(C)C)CC1c1cc(OC)ccc1OC. The number of methoxy groups -OCH3 is 3. The van der Waals surface area contributed by atoms with Gasteiger partial charge in [0.15, 0.2) is 0 Å². The van der Waals surface area contributed by atoms with Gasteiger partial charge in [-0.15, -0.1) is 0 Å². The maximum Gasteiger partial charge on any atom is 0.225 e. The molecule has 1 fully saturated rings. The van der Waals surface area contributed by atoms with Crippen LogP contribution in [-0.2, 0) is 14.3 Å². The zero-order valence-electron chi connectivity index (χ0n) is 18.2. The molecule has 1 aromatic rings. The average Bonchev–Trinajstić information content (AvgIpc) is 3.15. The normalized spacial score (nSPS) is 18.8. The van der Waals surface area contributed by atoms with E-state index in [0.717, 1.165) is 12.0 Å². The Labute approximate surface area is 173 Å². The Hall–Kier alpha value is -2.28. The van der Waals surface area contributed by atoms with Crippen LogP contribution in [0.4, 0.5) is 0 Å². The highest BCUT2D eigenvalue weighted by molar-refractivity contribution is 5.83. The van der Waals surface area contributed by atoms with Gasteiger partial charge in [0, 0.05) is 51.3 Å². The van der Waals surface area contributed by atoms with E-state index >= 15 is 0 Å². The van der Waals surface area contributed by atoms with Gasteiger partial charge in [-0.1, -0.05) is 13.8 Å². The minimum atomic E-state index is -0.338. The summed E-state index contributed by atoms with van der Waals surface area (Å²) in [5.41, 5.74) is 0.892. The first-order valence-electron chi connectivity index (χ1n) is 10.2. The Morgan fingerprint density at radius 2 is 1.93 bits per heavy atom. The molecule has 0 bridgehead atoms. The number of nitrogens with one attached hydrogen (secondary N) is 1. The lowest BCUT2D eigenvalue weighted by Crippen LogP contribution is -2.36. The number of rotatable bonds is 10. The summed E-state index contributed by atoms with van der Waals surface area (Å²) in [6.45, 7) is 6.09. The van der Waals surface area contributed by atoms with E-state index in [2.05, 4.69) is 5.32 Å². The largest absolute Gasteiger partial charge is 0.497 e. The summed E-state index contributed by atoms with van der Waals surface area (Å²) in [5.74, 6) is 1.22. The quantitative estimate of drug-likeness (QED) is 0.604. The second kappa shape index (κ2) is 11.0. The van der Waals surface area contributed by atoms with Crippen LogP contribution in [0.3, 0.4) is 0 Å². The first-order valence-corrected chi connectivity index (χ1v) is 10.2. The lowest BCUT2D eigenvalue weighted by Gasteiger charge is -2.21. The van der Waals surface area contributed by atoms with Gasteiger partial charge in [-0.3, -0.25) is 9.59 Å². The molecule has 29 heavy (non-hydrogen) atoms. The standard InChI is InChI=1S/C22H34N2O5/c1-15(2)11-21(25)24-13-18(17-12-16(28-4)7-8-20(17)29-5)19(14-24)22(26)23-9-6-10-27-3/h7-8,12,15,18-19H,6,9-11,13-14H2,1-5H3,(H,23,26). The van der Waals surface area contributed by atoms with Crippen molar-refractivity contribution >= 4 is 11.8 Å². The number of benzene rings is 1. The Kier molecular flexibility index (Phi) is 8.76. The van der Waals surface area contributed by atoms with Crippen molar-refractivity contribution in [1.82, 2.24) is 10.2 Å². The summed E-state index contributed by atoms with van der Waals surface area (Å²) in [7, 11) is 4.86. The first kappa shape index (κ1) is 23.0. The summed E-state index contributed by atoms with van der Waals surface area (Å²) in [6, 6.07) is 5.59. The molecule has 0 radical (unpaired) electrons. The molecule has 1 saturated heterocycles. The Balaban J connectivity index is 2.27. The smallest absolute Gasteiger partial charge is 0.225 e. The number of hydrogen-bond donors (Lipinski definition) is 1. The fourth-order valence-corrected chi connectivity index (χ4v) is 3.75. The fourth-order valence-electron chi connectivity index (χ4n) is 3.75. The van der Waals surface area contributed by atoms with Crippen LogP contribution in [0.2, 0.25) is 0 Å². The molecular weight excluding hydrogens is 372 g/mol. The van der Waals surface area contributed by atoms with Gasteiger partial charge in [0.25, 0.3) is 0 Å². The molecule has 1 N–H and O–H groups in total. The van der Waals surface area contributed by atoms with Crippen LogP contribution in [0.5, 0.6) is 11.5 Å². The highest BCUT2D eigenvalue weighted by Crippen LogP contribution is 2.39. The highest BCUT2D eigenvalue weighted by atomic mass is 16.5. The number of likely N-dealkylation sites (tertiary alicyclic amines) is 1. The number of ether oxygens (including phenoxy) is 3. The van der Waals surface area contributed by atoms with Gasteiger partial charge in [0.2, 0.25) is 11.8 Å². The van der Waals surface area contributed by atoms with E-state index in [4.69, 9.17) is 14.2 Å². The Morgan fingerprint density at radius 3 is 2.55 bits per heavy atom. The minimum Gasteiger partial charge on any atom is -0.497 e. The van der Waals surface area contributed by atoms with E-state index in [9.17, 15) is 9.59 Å². The predicted molar refractivity (Wildman–Crippen MR) is 111 cm³/mol.